The van der Waals surface area contributed by atoms with Crippen molar-refractivity contribution in [2.24, 2.45) is 12.5 Å². The highest BCUT2D eigenvalue weighted by Crippen LogP contribution is 2.40. The van der Waals surface area contributed by atoms with Crippen LogP contribution in [0.1, 0.15) is 46.4 Å². The molecule has 2 fully saturated rings. The highest BCUT2D eigenvalue weighted by molar-refractivity contribution is 5.94. The zero-order chi connectivity index (χ0) is 17.8. The molecule has 0 radical (unpaired) electrons. The number of amides is 2. The van der Waals surface area contributed by atoms with Crippen LogP contribution in [0.4, 0.5) is 0 Å². The molecule has 1 N–H and O–H groups in total. The van der Waals surface area contributed by atoms with Crippen LogP contribution in [0, 0.1) is 5.41 Å². The highest BCUT2D eigenvalue weighted by Gasteiger charge is 2.55. The number of hydrogen-bond donors (Lipinski definition) is 1. The van der Waals surface area contributed by atoms with Gasteiger partial charge in [0.05, 0.1) is 0 Å². The van der Waals surface area contributed by atoms with Crippen molar-refractivity contribution in [1.82, 2.24) is 29.8 Å². The second kappa shape index (κ2) is 5.44. The van der Waals surface area contributed by atoms with Gasteiger partial charge in [0.15, 0.2) is 0 Å². The normalized spacial score (nSPS) is 18.4. The van der Waals surface area contributed by atoms with Crippen LogP contribution in [-0.2, 0) is 7.05 Å². The molecular weight excluding hydrogens is 320 g/mol. The monoisotopic (exact) mass is 342 g/mol. The Balaban J connectivity index is 1.32. The molecule has 4 heterocycles. The van der Waals surface area contributed by atoms with Crippen molar-refractivity contribution in [3.05, 3.63) is 35.4 Å². The number of nitrogens with zero attached hydrogens (tertiary/aromatic N) is 5. The number of carbonyl (C=O) groups excluding carboxylic acids is 2. The lowest BCUT2D eigenvalue weighted by Gasteiger charge is -2.59. The lowest BCUT2D eigenvalue weighted by molar-refractivity contribution is -0.0825. The minimum absolute atomic E-state index is 0.0372. The van der Waals surface area contributed by atoms with Crippen LogP contribution in [0.25, 0.3) is 0 Å². The molecule has 2 aliphatic rings. The molecule has 0 bridgehead atoms. The van der Waals surface area contributed by atoms with E-state index in [2.05, 4.69) is 29.1 Å². The van der Waals surface area contributed by atoms with Crippen LogP contribution in [0.2, 0.25) is 0 Å². The smallest absolute Gasteiger partial charge is 0.274 e. The first-order valence-corrected chi connectivity index (χ1v) is 8.50. The lowest BCUT2D eigenvalue weighted by atomic mass is 9.72. The molecule has 8 heteroatoms. The Morgan fingerprint density at radius 2 is 1.72 bits per heavy atom. The Morgan fingerprint density at radius 3 is 2.20 bits per heavy atom. The van der Waals surface area contributed by atoms with Gasteiger partial charge in [-0.3, -0.25) is 19.4 Å². The number of rotatable bonds is 3. The van der Waals surface area contributed by atoms with Gasteiger partial charge in [0.2, 0.25) is 0 Å². The van der Waals surface area contributed by atoms with Gasteiger partial charge in [0, 0.05) is 50.5 Å². The van der Waals surface area contributed by atoms with Crippen molar-refractivity contribution in [2.75, 3.05) is 26.2 Å². The molecular formula is C17H22N6O2. The Bertz CT molecular complexity index is 822. The summed E-state index contributed by atoms with van der Waals surface area (Å²) >= 11 is 0. The molecule has 132 valence electrons. The molecule has 0 aliphatic carbocycles. The summed E-state index contributed by atoms with van der Waals surface area (Å²) in [6.07, 6.45) is 1.77. The molecule has 1 spiro atoms. The SMILES string of the molecule is CC(C)c1cc(C(=O)N2CC3(C2)CN(C(=O)c2ccn(C)n2)C3)n[nH]1. The second-order valence-electron chi connectivity index (χ2n) is 7.56. The van der Waals surface area contributed by atoms with Gasteiger partial charge < -0.3 is 9.80 Å². The minimum atomic E-state index is -0.0386. The Hall–Kier alpha value is -2.64. The highest BCUT2D eigenvalue weighted by atomic mass is 16.2. The summed E-state index contributed by atoms with van der Waals surface area (Å²) in [5.41, 5.74) is 1.97. The second-order valence-corrected chi connectivity index (χ2v) is 7.56. The van der Waals surface area contributed by atoms with Gasteiger partial charge in [-0.25, -0.2) is 0 Å². The first kappa shape index (κ1) is 15.9. The Labute approximate surface area is 145 Å². The van der Waals surface area contributed by atoms with Crippen molar-refractivity contribution >= 4 is 11.8 Å². The van der Waals surface area contributed by atoms with E-state index in [0.717, 1.165) is 5.69 Å². The summed E-state index contributed by atoms with van der Waals surface area (Å²) in [5, 5.41) is 11.2. The molecule has 2 saturated heterocycles. The molecule has 2 amide bonds. The van der Waals surface area contributed by atoms with Gasteiger partial charge in [-0.2, -0.15) is 10.2 Å². The topological polar surface area (TPSA) is 87.1 Å². The maximum atomic E-state index is 12.5. The molecule has 4 rings (SSSR count). The standard InChI is InChI=1S/C17H22N6O2/c1-11(2)13-6-14(19-18-13)16(25)23-9-17(10-23)7-22(8-17)15(24)12-4-5-21(3)20-12/h4-6,11H,7-10H2,1-3H3,(H,18,19). The fraction of sp³-hybridized carbons (Fsp3) is 0.529. The predicted molar refractivity (Wildman–Crippen MR) is 90.1 cm³/mol. The molecule has 2 aromatic rings. The van der Waals surface area contributed by atoms with Crippen LogP contribution in [0.5, 0.6) is 0 Å². The van der Waals surface area contributed by atoms with Crippen LogP contribution < -0.4 is 0 Å². The molecule has 25 heavy (non-hydrogen) atoms. The van der Waals surface area contributed by atoms with Crippen molar-refractivity contribution in [2.45, 2.75) is 19.8 Å². The molecule has 0 atom stereocenters. The number of carbonyl (C=O) groups is 2. The van der Waals surface area contributed by atoms with E-state index in [0.29, 0.717) is 43.5 Å². The lowest BCUT2D eigenvalue weighted by Crippen LogP contribution is -2.73. The van der Waals surface area contributed by atoms with E-state index >= 15 is 0 Å². The van der Waals surface area contributed by atoms with Crippen molar-refractivity contribution < 1.29 is 9.59 Å². The van der Waals surface area contributed by atoms with Gasteiger partial charge in [-0.15, -0.1) is 0 Å². The molecule has 0 unspecified atom stereocenters. The zero-order valence-corrected chi connectivity index (χ0v) is 14.7. The van der Waals surface area contributed by atoms with E-state index < -0.39 is 0 Å². The summed E-state index contributed by atoms with van der Waals surface area (Å²) in [6.45, 7) is 6.85. The maximum Gasteiger partial charge on any atom is 0.274 e. The summed E-state index contributed by atoms with van der Waals surface area (Å²) in [5.74, 6) is 0.239. The summed E-state index contributed by atoms with van der Waals surface area (Å²) in [6, 6.07) is 3.56. The number of aromatic amines is 1. The fourth-order valence-electron chi connectivity index (χ4n) is 3.61. The molecule has 2 aliphatic heterocycles. The average Bonchev–Trinajstić information content (AvgIpc) is 3.12. The molecule has 2 aromatic heterocycles. The van der Waals surface area contributed by atoms with E-state index in [4.69, 9.17) is 0 Å². The maximum absolute atomic E-state index is 12.5. The first-order valence-electron chi connectivity index (χ1n) is 8.50. The van der Waals surface area contributed by atoms with Crippen LogP contribution in [0.15, 0.2) is 18.3 Å². The largest absolute Gasteiger partial charge is 0.336 e. The van der Waals surface area contributed by atoms with Gasteiger partial charge in [0.1, 0.15) is 11.4 Å². The van der Waals surface area contributed by atoms with E-state index in [9.17, 15) is 9.59 Å². The Morgan fingerprint density at radius 1 is 1.12 bits per heavy atom. The van der Waals surface area contributed by atoms with Crippen LogP contribution in [0.3, 0.4) is 0 Å². The van der Waals surface area contributed by atoms with Gasteiger partial charge in [-0.1, -0.05) is 13.8 Å². The number of aromatic nitrogens is 4. The van der Waals surface area contributed by atoms with Gasteiger partial charge in [-0.05, 0) is 18.1 Å². The van der Waals surface area contributed by atoms with Crippen LogP contribution in [-0.4, -0.2) is 67.8 Å². The number of nitrogens with one attached hydrogen (secondary N) is 1. The Kier molecular flexibility index (Phi) is 3.45. The van der Waals surface area contributed by atoms with Gasteiger partial charge >= 0.3 is 0 Å². The summed E-state index contributed by atoms with van der Waals surface area (Å²) in [7, 11) is 1.80. The minimum Gasteiger partial charge on any atom is -0.336 e. The quantitative estimate of drug-likeness (QED) is 0.896. The number of aryl methyl sites for hydroxylation is 1. The average molecular weight is 342 g/mol. The number of H-pyrrole nitrogens is 1. The van der Waals surface area contributed by atoms with E-state index in [1.165, 1.54) is 0 Å². The summed E-state index contributed by atoms with van der Waals surface area (Å²) < 4.78 is 1.63. The first-order chi connectivity index (χ1) is 11.9. The van der Waals surface area contributed by atoms with E-state index in [1.54, 1.807) is 28.9 Å². The number of likely N-dealkylation sites (tertiary alicyclic amines) is 2. The van der Waals surface area contributed by atoms with Crippen molar-refractivity contribution in [3.63, 3.8) is 0 Å². The van der Waals surface area contributed by atoms with E-state index in [-0.39, 0.29) is 17.2 Å². The van der Waals surface area contributed by atoms with Crippen LogP contribution >= 0.6 is 0 Å². The number of hydrogen-bond acceptors (Lipinski definition) is 4. The molecule has 0 aromatic carbocycles. The van der Waals surface area contributed by atoms with E-state index in [1.807, 2.05) is 11.0 Å². The molecule has 0 saturated carbocycles. The zero-order valence-electron chi connectivity index (χ0n) is 14.7. The van der Waals surface area contributed by atoms with Crippen molar-refractivity contribution in [3.8, 4) is 0 Å². The third-order valence-electron chi connectivity index (χ3n) is 5.05. The molecule has 8 nitrogen and oxygen atoms in total. The van der Waals surface area contributed by atoms with Gasteiger partial charge in [0.25, 0.3) is 11.8 Å². The fourth-order valence-corrected chi connectivity index (χ4v) is 3.61. The third-order valence-corrected chi connectivity index (χ3v) is 5.05. The predicted octanol–water partition coefficient (Wildman–Crippen LogP) is 0.865. The third kappa shape index (κ3) is 2.61. The van der Waals surface area contributed by atoms with Crippen molar-refractivity contribution in [1.29, 1.82) is 0 Å². The summed E-state index contributed by atoms with van der Waals surface area (Å²) in [4.78, 5) is 28.4.